The Morgan fingerprint density at radius 1 is 1.48 bits per heavy atom. The first-order valence-corrected chi connectivity index (χ1v) is 7.71. The molecule has 1 fully saturated rings. The summed E-state index contributed by atoms with van der Waals surface area (Å²) >= 11 is 0. The predicted octanol–water partition coefficient (Wildman–Crippen LogP) is 2.50. The van der Waals surface area contributed by atoms with Gasteiger partial charge in [0, 0.05) is 24.4 Å². The number of nitrogens with two attached hydrogens (primary N) is 1. The zero-order valence-corrected chi connectivity index (χ0v) is 13.0. The lowest BCUT2D eigenvalue weighted by Crippen LogP contribution is -2.11. The van der Waals surface area contributed by atoms with E-state index in [1.165, 1.54) is 0 Å². The SMILES string of the molecule is COc1ccc(NC(=O)CCCc2nc(C3CC3)no2)cc1N. The molecule has 7 heteroatoms. The summed E-state index contributed by atoms with van der Waals surface area (Å²) in [4.78, 5) is 16.3. The molecule has 0 aliphatic heterocycles. The quantitative estimate of drug-likeness (QED) is 0.761. The molecule has 0 saturated heterocycles. The third-order valence-corrected chi connectivity index (χ3v) is 3.73. The van der Waals surface area contributed by atoms with Gasteiger partial charge in [-0.2, -0.15) is 4.98 Å². The number of hydrogen-bond donors (Lipinski definition) is 2. The lowest BCUT2D eigenvalue weighted by molar-refractivity contribution is -0.116. The van der Waals surface area contributed by atoms with Gasteiger partial charge in [-0.05, 0) is 37.5 Å². The molecule has 1 aromatic carbocycles. The summed E-state index contributed by atoms with van der Waals surface area (Å²) in [7, 11) is 1.55. The van der Waals surface area contributed by atoms with E-state index in [4.69, 9.17) is 15.0 Å². The number of carbonyl (C=O) groups excluding carboxylic acids is 1. The number of nitrogens with zero attached hydrogens (tertiary/aromatic N) is 2. The van der Waals surface area contributed by atoms with Gasteiger partial charge < -0.3 is 20.3 Å². The first-order chi connectivity index (χ1) is 11.2. The van der Waals surface area contributed by atoms with E-state index in [1.807, 2.05) is 0 Å². The second kappa shape index (κ2) is 6.68. The summed E-state index contributed by atoms with van der Waals surface area (Å²) in [6, 6.07) is 5.16. The molecule has 0 radical (unpaired) electrons. The van der Waals surface area contributed by atoms with Crippen molar-refractivity contribution >= 4 is 17.3 Å². The zero-order valence-electron chi connectivity index (χ0n) is 13.0. The molecule has 1 amide bonds. The first-order valence-electron chi connectivity index (χ1n) is 7.71. The highest BCUT2D eigenvalue weighted by Gasteiger charge is 2.28. The number of carbonyl (C=O) groups is 1. The molecule has 1 aliphatic rings. The lowest BCUT2D eigenvalue weighted by atomic mass is 10.2. The number of amides is 1. The van der Waals surface area contributed by atoms with E-state index < -0.39 is 0 Å². The summed E-state index contributed by atoms with van der Waals surface area (Å²) < 4.78 is 10.3. The molecule has 1 aromatic heterocycles. The van der Waals surface area contributed by atoms with Crippen LogP contribution in [-0.4, -0.2) is 23.2 Å². The molecule has 1 aliphatic carbocycles. The largest absolute Gasteiger partial charge is 0.495 e. The Labute approximate surface area is 134 Å². The minimum Gasteiger partial charge on any atom is -0.495 e. The monoisotopic (exact) mass is 316 g/mol. The third-order valence-electron chi connectivity index (χ3n) is 3.73. The molecule has 0 bridgehead atoms. The molecule has 1 heterocycles. The van der Waals surface area contributed by atoms with Crippen LogP contribution in [0.15, 0.2) is 22.7 Å². The number of anilines is 2. The fourth-order valence-electron chi connectivity index (χ4n) is 2.31. The Hall–Kier alpha value is -2.57. The second-order valence-corrected chi connectivity index (χ2v) is 5.68. The Kier molecular flexibility index (Phi) is 4.45. The molecule has 0 spiro atoms. The minimum absolute atomic E-state index is 0.0727. The van der Waals surface area contributed by atoms with Crippen LogP contribution >= 0.6 is 0 Å². The lowest BCUT2D eigenvalue weighted by Gasteiger charge is -2.08. The molecule has 122 valence electrons. The second-order valence-electron chi connectivity index (χ2n) is 5.68. The van der Waals surface area contributed by atoms with Crippen LogP contribution in [0.3, 0.4) is 0 Å². The van der Waals surface area contributed by atoms with Gasteiger partial charge in [-0.3, -0.25) is 4.79 Å². The number of benzene rings is 1. The highest BCUT2D eigenvalue weighted by molar-refractivity contribution is 5.91. The van der Waals surface area contributed by atoms with E-state index in [0.29, 0.717) is 48.2 Å². The summed E-state index contributed by atoms with van der Waals surface area (Å²) in [6.07, 6.45) is 3.94. The predicted molar refractivity (Wildman–Crippen MR) is 85.2 cm³/mol. The van der Waals surface area contributed by atoms with Gasteiger partial charge >= 0.3 is 0 Å². The Morgan fingerprint density at radius 2 is 2.30 bits per heavy atom. The average molecular weight is 316 g/mol. The Balaban J connectivity index is 1.44. The highest BCUT2D eigenvalue weighted by Crippen LogP contribution is 2.38. The molecule has 7 nitrogen and oxygen atoms in total. The van der Waals surface area contributed by atoms with Gasteiger partial charge in [0.1, 0.15) is 5.75 Å². The number of aromatic nitrogens is 2. The zero-order chi connectivity index (χ0) is 16.2. The topological polar surface area (TPSA) is 103 Å². The van der Waals surface area contributed by atoms with Gasteiger partial charge in [-0.15, -0.1) is 0 Å². The Bertz CT molecular complexity index is 694. The van der Waals surface area contributed by atoms with Gasteiger partial charge in [0.15, 0.2) is 5.82 Å². The fourth-order valence-corrected chi connectivity index (χ4v) is 2.31. The van der Waals surface area contributed by atoms with E-state index in [1.54, 1.807) is 25.3 Å². The van der Waals surface area contributed by atoms with Crippen LogP contribution in [0, 0.1) is 0 Å². The molecule has 23 heavy (non-hydrogen) atoms. The molecular weight excluding hydrogens is 296 g/mol. The van der Waals surface area contributed by atoms with Gasteiger partial charge in [0.05, 0.1) is 12.8 Å². The van der Waals surface area contributed by atoms with E-state index in [-0.39, 0.29) is 5.91 Å². The number of aryl methyl sites for hydroxylation is 1. The fraction of sp³-hybridized carbons (Fsp3) is 0.438. The maximum Gasteiger partial charge on any atom is 0.226 e. The van der Waals surface area contributed by atoms with E-state index >= 15 is 0 Å². The maximum absolute atomic E-state index is 11.9. The van der Waals surface area contributed by atoms with Crippen LogP contribution < -0.4 is 15.8 Å². The number of hydrogen-bond acceptors (Lipinski definition) is 6. The van der Waals surface area contributed by atoms with Gasteiger partial charge in [0.25, 0.3) is 0 Å². The Morgan fingerprint density at radius 3 is 3.00 bits per heavy atom. The molecule has 1 saturated carbocycles. The number of rotatable bonds is 7. The van der Waals surface area contributed by atoms with Crippen molar-refractivity contribution in [1.82, 2.24) is 10.1 Å². The first kappa shape index (κ1) is 15.3. The van der Waals surface area contributed by atoms with Crippen LogP contribution in [0.1, 0.15) is 43.3 Å². The maximum atomic E-state index is 11.9. The van der Waals surface area contributed by atoms with Gasteiger partial charge in [-0.1, -0.05) is 5.16 Å². The van der Waals surface area contributed by atoms with Crippen LogP contribution in [0.4, 0.5) is 11.4 Å². The summed E-state index contributed by atoms with van der Waals surface area (Å²) in [5.74, 6) is 2.41. The standard InChI is InChI=1S/C16H20N4O3/c1-22-13-8-7-11(9-12(13)17)18-14(21)3-2-4-15-19-16(20-23-15)10-5-6-10/h7-10H,2-6,17H2,1H3,(H,18,21). The highest BCUT2D eigenvalue weighted by atomic mass is 16.5. The van der Waals surface area contributed by atoms with E-state index in [2.05, 4.69) is 15.5 Å². The van der Waals surface area contributed by atoms with Crippen molar-refractivity contribution in [1.29, 1.82) is 0 Å². The number of nitrogens with one attached hydrogen (secondary N) is 1. The average Bonchev–Trinajstić information content (AvgIpc) is 3.27. The summed E-state index contributed by atoms with van der Waals surface area (Å²) in [6.45, 7) is 0. The van der Waals surface area contributed by atoms with Crippen molar-refractivity contribution in [2.75, 3.05) is 18.2 Å². The van der Waals surface area contributed by atoms with Crippen molar-refractivity contribution in [3.63, 3.8) is 0 Å². The summed E-state index contributed by atoms with van der Waals surface area (Å²) in [5, 5.41) is 6.77. The molecule has 0 unspecified atom stereocenters. The number of methoxy groups -OCH3 is 1. The van der Waals surface area contributed by atoms with Crippen molar-refractivity contribution < 1.29 is 14.1 Å². The molecule has 3 rings (SSSR count). The van der Waals surface area contributed by atoms with Crippen molar-refractivity contribution in [3.8, 4) is 5.75 Å². The molecule has 2 aromatic rings. The van der Waals surface area contributed by atoms with Crippen LogP contribution in [0.2, 0.25) is 0 Å². The van der Waals surface area contributed by atoms with Crippen molar-refractivity contribution in [2.24, 2.45) is 0 Å². The van der Waals surface area contributed by atoms with E-state index in [9.17, 15) is 4.79 Å². The molecule has 3 N–H and O–H groups in total. The van der Waals surface area contributed by atoms with Gasteiger partial charge in [-0.25, -0.2) is 0 Å². The van der Waals surface area contributed by atoms with Gasteiger partial charge in [0.2, 0.25) is 11.8 Å². The normalized spacial score (nSPS) is 13.8. The van der Waals surface area contributed by atoms with Crippen LogP contribution in [0.5, 0.6) is 5.75 Å². The summed E-state index contributed by atoms with van der Waals surface area (Å²) in [5.41, 5.74) is 6.96. The van der Waals surface area contributed by atoms with Crippen LogP contribution in [0.25, 0.3) is 0 Å². The minimum atomic E-state index is -0.0727. The van der Waals surface area contributed by atoms with Crippen molar-refractivity contribution in [3.05, 3.63) is 29.9 Å². The number of nitrogen functional groups attached to an aromatic ring is 1. The number of ether oxygens (including phenoxy) is 1. The smallest absolute Gasteiger partial charge is 0.226 e. The molecule has 0 atom stereocenters. The van der Waals surface area contributed by atoms with E-state index in [0.717, 1.165) is 18.7 Å². The molecular formula is C16H20N4O3. The third kappa shape index (κ3) is 4.00. The van der Waals surface area contributed by atoms with Crippen LogP contribution in [-0.2, 0) is 11.2 Å². The van der Waals surface area contributed by atoms with Crippen molar-refractivity contribution in [2.45, 2.75) is 38.0 Å².